The quantitative estimate of drug-likeness (QED) is 0.159. The van der Waals surface area contributed by atoms with E-state index in [1.165, 1.54) is 22.3 Å². The van der Waals surface area contributed by atoms with Crippen molar-refractivity contribution in [3.8, 4) is 79.5 Å². The fourth-order valence-electron chi connectivity index (χ4n) is 7.66. The Morgan fingerprint density at radius 1 is 0.321 bits per heavy atom. The van der Waals surface area contributed by atoms with Crippen LogP contribution >= 0.6 is 0 Å². The molecule has 0 unspecified atom stereocenters. The van der Waals surface area contributed by atoms with E-state index in [9.17, 15) is 0 Å². The van der Waals surface area contributed by atoms with Crippen molar-refractivity contribution in [3.63, 3.8) is 0 Å². The minimum atomic E-state index is -0.216. The first-order valence-electron chi connectivity index (χ1n) is 18.2. The van der Waals surface area contributed by atoms with Crippen LogP contribution in [0.4, 0.5) is 0 Å². The van der Waals surface area contributed by atoms with Crippen LogP contribution in [0.2, 0.25) is 0 Å². The van der Waals surface area contributed by atoms with Gasteiger partial charge in [0.2, 0.25) is 0 Å². The van der Waals surface area contributed by atoms with Gasteiger partial charge in [0.25, 0.3) is 0 Å². The van der Waals surface area contributed by atoms with Crippen molar-refractivity contribution in [1.82, 2.24) is 29.9 Å². The molecular formula is C47H36N6. The van der Waals surface area contributed by atoms with Gasteiger partial charge < -0.3 is 0 Å². The lowest BCUT2D eigenvalue weighted by Gasteiger charge is -2.30. The molecule has 1 aliphatic rings. The van der Waals surface area contributed by atoms with Gasteiger partial charge in [0.1, 0.15) is 0 Å². The summed E-state index contributed by atoms with van der Waals surface area (Å²) in [6, 6.07) is 53.9. The van der Waals surface area contributed by atoms with Gasteiger partial charge in [-0.1, -0.05) is 159 Å². The Morgan fingerprint density at radius 3 is 0.849 bits per heavy atom. The molecule has 9 rings (SSSR count). The summed E-state index contributed by atoms with van der Waals surface area (Å²) in [5.41, 5.74) is 10.6. The van der Waals surface area contributed by atoms with Crippen LogP contribution in [-0.2, 0) is 5.41 Å². The summed E-state index contributed by atoms with van der Waals surface area (Å²) in [5.74, 6) is 3.93. The van der Waals surface area contributed by atoms with Crippen molar-refractivity contribution >= 4 is 0 Å². The second-order valence-electron chi connectivity index (χ2n) is 13.4. The molecule has 0 spiro atoms. The van der Waals surface area contributed by atoms with E-state index >= 15 is 0 Å². The van der Waals surface area contributed by atoms with E-state index < -0.39 is 0 Å². The molecule has 0 radical (unpaired) electrons. The van der Waals surface area contributed by atoms with E-state index in [2.05, 4.69) is 50.2 Å². The second-order valence-corrected chi connectivity index (χ2v) is 13.4. The first kappa shape index (κ1) is 32.3. The third-order valence-corrected chi connectivity index (χ3v) is 10.5. The van der Waals surface area contributed by atoms with Crippen LogP contribution < -0.4 is 0 Å². The Hall–Kier alpha value is -6.66. The van der Waals surface area contributed by atoms with Crippen LogP contribution in [0.3, 0.4) is 0 Å². The highest BCUT2D eigenvalue weighted by Gasteiger charge is 2.41. The first-order chi connectivity index (χ1) is 26.1. The number of nitrogens with zero attached hydrogens (tertiary/aromatic N) is 6. The summed E-state index contributed by atoms with van der Waals surface area (Å²) >= 11 is 0. The molecule has 0 saturated heterocycles. The molecule has 1 aliphatic carbocycles. The molecular weight excluding hydrogens is 649 g/mol. The molecule has 2 aromatic heterocycles. The third kappa shape index (κ3) is 5.78. The van der Waals surface area contributed by atoms with Crippen molar-refractivity contribution in [2.75, 3.05) is 0 Å². The standard InChI is InChI=1S/C47H36N6/c1-3-47(4-2)39-29-35(45-50-41(31-17-9-5-10-18-31)48-42(51-45)32-19-11-6-12-20-32)25-27-37(39)38-28-26-36(30-40(38)47)46-52-43(33-21-13-7-14-22-33)49-44(53-46)34-23-15-8-16-24-34/h5-30H,3-4H2,1-2H3. The minimum absolute atomic E-state index is 0.216. The molecule has 0 aliphatic heterocycles. The van der Waals surface area contributed by atoms with E-state index in [1.807, 2.05) is 121 Å². The lowest BCUT2D eigenvalue weighted by Crippen LogP contribution is -2.23. The maximum atomic E-state index is 5.05. The summed E-state index contributed by atoms with van der Waals surface area (Å²) < 4.78 is 0. The molecule has 6 aromatic carbocycles. The van der Waals surface area contributed by atoms with Gasteiger partial charge in [-0.3, -0.25) is 0 Å². The molecule has 254 valence electrons. The molecule has 0 saturated carbocycles. The normalized spacial score (nSPS) is 12.6. The zero-order valence-corrected chi connectivity index (χ0v) is 29.6. The van der Waals surface area contributed by atoms with Crippen LogP contribution in [0.15, 0.2) is 158 Å². The molecule has 2 heterocycles. The van der Waals surface area contributed by atoms with Crippen molar-refractivity contribution < 1.29 is 0 Å². The SMILES string of the molecule is CCC1(CC)c2cc(-c3nc(-c4ccccc4)nc(-c4ccccc4)n3)ccc2-c2ccc(-c3nc(-c4ccccc4)nc(-c4ccccc4)n3)cc21. The summed E-state index contributed by atoms with van der Waals surface area (Å²) in [4.78, 5) is 30.0. The van der Waals surface area contributed by atoms with Gasteiger partial charge in [-0.05, 0) is 47.2 Å². The number of benzene rings is 6. The maximum absolute atomic E-state index is 5.05. The van der Waals surface area contributed by atoms with E-state index in [0.29, 0.717) is 34.9 Å². The zero-order chi connectivity index (χ0) is 35.8. The smallest absolute Gasteiger partial charge is 0.164 e. The number of aromatic nitrogens is 6. The molecule has 6 heteroatoms. The van der Waals surface area contributed by atoms with E-state index in [4.69, 9.17) is 29.9 Å². The molecule has 8 aromatic rings. The molecule has 0 N–H and O–H groups in total. The lowest BCUT2D eigenvalue weighted by atomic mass is 9.73. The summed E-state index contributed by atoms with van der Waals surface area (Å²) in [6.45, 7) is 4.57. The van der Waals surface area contributed by atoms with Gasteiger partial charge in [0.15, 0.2) is 34.9 Å². The molecule has 0 amide bonds. The minimum Gasteiger partial charge on any atom is -0.208 e. The maximum Gasteiger partial charge on any atom is 0.164 e. The molecule has 6 nitrogen and oxygen atoms in total. The average molecular weight is 685 g/mol. The number of hydrogen-bond donors (Lipinski definition) is 0. The van der Waals surface area contributed by atoms with Gasteiger partial charge in [0.05, 0.1) is 0 Å². The molecule has 0 fully saturated rings. The molecule has 0 atom stereocenters. The number of rotatable bonds is 8. The Balaban J connectivity index is 1.17. The Morgan fingerprint density at radius 2 is 0.585 bits per heavy atom. The molecule has 53 heavy (non-hydrogen) atoms. The lowest BCUT2D eigenvalue weighted by molar-refractivity contribution is 0.490. The fourth-order valence-corrected chi connectivity index (χ4v) is 7.66. The van der Waals surface area contributed by atoms with Gasteiger partial charge in [-0.2, -0.15) is 0 Å². The van der Waals surface area contributed by atoms with Crippen molar-refractivity contribution in [2.24, 2.45) is 0 Å². The van der Waals surface area contributed by atoms with Crippen molar-refractivity contribution in [1.29, 1.82) is 0 Å². The topological polar surface area (TPSA) is 77.3 Å². The Labute approximate surface area is 309 Å². The van der Waals surface area contributed by atoms with Gasteiger partial charge in [-0.15, -0.1) is 0 Å². The van der Waals surface area contributed by atoms with Crippen molar-refractivity contribution in [2.45, 2.75) is 32.1 Å². The van der Waals surface area contributed by atoms with Crippen LogP contribution in [0.25, 0.3) is 79.5 Å². The van der Waals surface area contributed by atoms with Gasteiger partial charge in [-0.25, -0.2) is 29.9 Å². The van der Waals surface area contributed by atoms with Gasteiger partial charge in [0, 0.05) is 38.8 Å². The Bertz CT molecular complexity index is 2270. The van der Waals surface area contributed by atoms with E-state index in [-0.39, 0.29) is 5.41 Å². The second kappa shape index (κ2) is 13.5. The summed E-state index contributed by atoms with van der Waals surface area (Å²) in [6.07, 6.45) is 1.86. The zero-order valence-electron chi connectivity index (χ0n) is 29.6. The predicted molar refractivity (Wildman–Crippen MR) is 213 cm³/mol. The van der Waals surface area contributed by atoms with E-state index in [0.717, 1.165) is 46.2 Å². The van der Waals surface area contributed by atoms with Crippen LogP contribution in [0, 0.1) is 0 Å². The monoisotopic (exact) mass is 684 g/mol. The predicted octanol–water partition coefficient (Wildman–Crippen LogP) is 11.1. The fraction of sp³-hybridized carbons (Fsp3) is 0.106. The largest absolute Gasteiger partial charge is 0.208 e. The highest BCUT2D eigenvalue weighted by Crippen LogP contribution is 2.54. The number of fused-ring (bicyclic) bond motifs is 3. The van der Waals surface area contributed by atoms with Gasteiger partial charge >= 0.3 is 0 Å². The van der Waals surface area contributed by atoms with Crippen LogP contribution in [0.5, 0.6) is 0 Å². The highest BCUT2D eigenvalue weighted by atomic mass is 15.0. The first-order valence-corrected chi connectivity index (χ1v) is 18.2. The summed E-state index contributed by atoms with van der Waals surface area (Å²) in [5, 5.41) is 0. The molecule has 0 bridgehead atoms. The van der Waals surface area contributed by atoms with Crippen LogP contribution in [-0.4, -0.2) is 29.9 Å². The highest BCUT2D eigenvalue weighted by molar-refractivity contribution is 5.85. The number of hydrogen-bond acceptors (Lipinski definition) is 6. The van der Waals surface area contributed by atoms with Crippen molar-refractivity contribution in [3.05, 3.63) is 169 Å². The van der Waals surface area contributed by atoms with Crippen LogP contribution in [0.1, 0.15) is 37.8 Å². The van der Waals surface area contributed by atoms with E-state index in [1.54, 1.807) is 0 Å². The Kier molecular flexibility index (Phi) is 8.20. The third-order valence-electron chi connectivity index (χ3n) is 10.5. The average Bonchev–Trinajstić information content (AvgIpc) is 3.53. The summed E-state index contributed by atoms with van der Waals surface area (Å²) in [7, 11) is 0.